The van der Waals surface area contributed by atoms with Crippen LogP contribution in [0.1, 0.15) is 0 Å². The quantitative estimate of drug-likeness (QED) is 0.547. The topological polar surface area (TPSA) is 0 Å². The van der Waals surface area contributed by atoms with Crippen LogP contribution < -0.4 is 0 Å². The largest absolute Gasteiger partial charge is 0 e. The van der Waals surface area contributed by atoms with E-state index >= 15 is 0 Å². The molecule has 0 spiro atoms. The molecule has 0 aliphatic heterocycles. The molecule has 0 N–H and O–H groups in total. The maximum atomic E-state index is 4.97. The smallest absolute Gasteiger partial charge is 0 e. The van der Waals surface area contributed by atoms with Gasteiger partial charge in [-0.2, -0.15) is 0 Å². The summed E-state index contributed by atoms with van der Waals surface area (Å²) >= 11 is -1.92. The van der Waals surface area contributed by atoms with Gasteiger partial charge in [-0.3, -0.25) is 0 Å². The maximum absolute atomic E-state index is 4.97. The molecule has 0 aromatic rings. The summed E-state index contributed by atoms with van der Waals surface area (Å²) in [5.41, 5.74) is 0. The Hall–Kier alpha value is 2.21. The van der Waals surface area contributed by atoms with Gasteiger partial charge in [0.1, 0.15) is 0 Å². The Bertz CT molecular complexity index is 11.6. The number of rotatable bonds is 0. The van der Waals surface area contributed by atoms with Crippen LogP contribution in [0.25, 0.3) is 0 Å². The molecule has 5 heteroatoms. The van der Waals surface area contributed by atoms with E-state index in [-0.39, 0.29) is 19.5 Å². The average Bonchev–Trinajstić information content (AvgIpc) is 0.811. The van der Waals surface area contributed by atoms with Gasteiger partial charge < -0.3 is 0 Å². The summed E-state index contributed by atoms with van der Waals surface area (Å²) in [5.74, 6) is 0. The van der Waals surface area contributed by atoms with Crippen molar-refractivity contribution in [2.45, 2.75) is 0 Å². The molecule has 0 saturated carbocycles. The number of hydrogen-bond acceptors (Lipinski definition) is 0. The predicted molar refractivity (Wildman–Crippen MR) is 17.6 cm³/mol. The summed E-state index contributed by atoms with van der Waals surface area (Å²) < 4.78 is 0. The van der Waals surface area contributed by atoms with E-state index < -0.39 is 14.7 Å². The van der Waals surface area contributed by atoms with Crippen molar-refractivity contribution in [3.63, 3.8) is 0 Å². The Labute approximate surface area is 61.4 Å². The Balaban J connectivity index is 0. The first-order valence-electron chi connectivity index (χ1n) is 0.567. The number of hydrogen-bond donors (Lipinski definition) is 0. The molecule has 0 aliphatic rings. The van der Waals surface area contributed by atoms with E-state index in [1.54, 1.807) is 0 Å². The van der Waals surface area contributed by atoms with Gasteiger partial charge in [-0.15, -0.1) is 0 Å². The predicted octanol–water partition coefficient (Wildman–Crippen LogP) is 2.06. The molecule has 0 aromatic carbocycles. The average molecular weight is 220 g/mol. The molecular weight excluding hydrogens is 220 g/mol. The zero-order valence-corrected chi connectivity index (χ0v) is 9.14. The third-order valence-electron chi connectivity index (χ3n) is 0. The van der Waals surface area contributed by atoms with Crippen LogP contribution in [0.15, 0.2) is 0 Å². The van der Waals surface area contributed by atoms with Crippen LogP contribution >= 0.6 is 27.9 Å². The molecule has 0 fully saturated rings. The first-order chi connectivity index (χ1) is 1.73. The maximum Gasteiger partial charge on any atom is 0 e. The SMILES string of the molecule is [Cl][Ti]([Cl])[Cl].[Zn]. The second kappa shape index (κ2) is 6.21. The van der Waals surface area contributed by atoms with Crippen LogP contribution in [0.3, 0.4) is 0 Å². The minimum Gasteiger partial charge on any atom is 0 e. The zero-order valence-electron chi connectivity index (χ0n) is 2.34. The van der Waals surface area contributed by atoms with Crippen molar-refractivity contribution in [1.29, 1.82) is 0 Å². The standard InChI is InChI=1S/3ClH.Ti.Zn/h3*1H;;/q;;;+3;/p-3. The second-order valence-electron chi connectivity index (χ2n) is 0.214. The summed E-state index contributed by atoms with van der Waals surface area (Å²) in [6.45, 7) is 0. The normalized spacial score (nSPS) is 5.40. The van der Waals surface area contributed by atoms with Crippen molar-refractivity contribution < 1.29 is 34.2 Å². The van der Waals surface area contributed by atoms with Crippen LogP contribution in [-0.2, 0) is 34.2 Å². The molecule has 0 unspecified atom stereocenters. The van der Waals surface area contributed by atoms with Crippen molar-refractivity contribution in [2.75, 3.05) is 0 Å². The zero-order chi connectivity index (χ0) is 3.58. The van der Waals surface area contributed by atoms with Crippen LogP contribution in [0.4, 0.5) is 0 Å². The van der Waals surface area contributed by atoms with Crippen LogP contribution in [0.5, 0.6) is 0 Å². The van der Waals surface area contributed by atoms with Crippen LogP contribution in [-0.4, -0.2) is 0 Å². The minimum atomic E-state index is -1.92. The summed E-state index contributed by atoms with van der Waals surface area (Å²) in [5, 5.41) is 0. The van der Waals surface area contributed by atoms with Gasteiger partial charge in [0.2, 0.25) is 0 Å². The Morgan fingerprint density at radius 3 is 1.00 bits per heavy atom. The molecule has 0 saturated heterocycles. The van der Waals surface area contributed by atoms with E-state index in [0.717, 1.165) is 0 Å². The molecule has 0 radical (unpaired) electrons. The molecule has 0 rings (SSSR count). The molecule has 0 aromatic heterocycles. The fraction of sp³-hybridized carbons (Fsp3) is 0. The fourth-order valence-electron chi connectivity index (χ4n) is 0. The molecular formula is Cl3TiZn. The summed E-state index contributed by atoms with van der Waals surface area (Å²) in [7, 11) is 14.9. The third-order valence-corrected chi connectivity index (χ3v) is 0. The molecule has 0 heterocycles. The van der Waals surface area contributed by atoms with Gasteiger partial charge >= 0.3 is 42.6 Å². The minimum absolute atomic E-state index is 0. The molecule has 0 amide bonds. The van der Waals surface area contributed by atoms with E-state index in [1.165, 1.54) is 0 Å². The van der Waals surface area contributed by atoms with E-state index in [4.69, 9.17) is 27.9 Å². The number of halogens is 3. The van der Waals surface area contributed by atoms with E-state index in [9.17, 15) is 0 Å². The Morgan fingerprint density at radius 2 is 1.00 bits per heavy atom. The molecule has 27 valence electrons. The van der Waals surface area contributed by atoms with Gasteiger partial charge in [0.25, 0.3) is 0 Å². The molecule has 0 bridgehead atoms. The van der Waals surface area contributed by atoms with Gasteiger partial charge in [-0.25, -0.2) is 0 Å². The van der Waals surface area contributed by atoms with Crippen molar-refractivity contribution in [3.8, 4) is 0 Å². The summed E-state index contributed by atoms with van der Waals surface area (Å²) in [6.07, 6.45) is 0. The molecule has 0 nitrogen and oxygen atoms in total. The molecule has 0 aliphatic carbocycles. The van der Waals surface area contributed by atoms with Gasteiger partial charge in [-0.05, 0) is 0 Å². The third kappa shape index (κ3) is 22.5. The fourth-order valence-corrected chi connectivity index (χ4v) is 0. The van der Waals surface area contributed by atoms with E-state index in [2.05, 4.69) is 0 Å². The second-order valence-corrected chi connectivity index (χ2v) is 7.95. The van der Waals surface area contributed by atoms with E-state index in [0.29, 0.717) is 0 Å². The van der Waals surface area contributed by atoms with Crippen molar-refractivity contribution >= 4 is 27.9 Å². The Kier molecular flexibility index (Phi) is 12.7. The van der Waals surface area contributed by atoms with Gasteiger partial charge in [-0.1, -0.05) is 0 Å². The van der Waals surface area contributed by atoms with Gasteiger partial charge in [0, 0.05) is 19.5 Å². The van der Waals surface area contributed by atoms with Gasteiger partial charge in [0.15, 0.2) is 0 Å². The molecule has 0 atom stereocenters. The monoisotopic (exact) mass is 217 g/mol. The first-order valence-corrected chi connectivity index (χ1v) is 7.01. The van der Waals surface area contributed by atoms with E-state index in [1.807, 2.05) is 0 Å². The first kappa shape index (κ1) is 10.2. The van der Waals surface area contributed by atoms with Crippen molar-refractivity contribution in [3.05, 3.63) is 0 Å². The summed E-state index contributed by atoms with van der Waals surface area (Å²) in [4.78, 5) is 0. The Morgan fingerprint density at radius 1 is 1.00 bits per heavy atom. The van der Waals surface area contributed by atoms with Crippen LogP contribution in [0, 0.1) is 0 Å². The molecule has 5 heavy (non-hydrogen) atoms. The van der Waals surface area contributed by atoms with Crippen molar-refractivity contribution in [1.82, 2.24) is 0 Å². The summed E-state index contributed by atoms with van der Waals surface area (Å²) in [6, 6.07) is 0. The van der Waals surface area contributed by atoms with Gasteiger partial charge in [0.05, 0.1) is 0 Å². The van der Waals surface area contributed by atoms with Crippen LogP contribution in [0.2, 0.25) is 0 Å². The van der Waals surface area contributed by atoms with Crippen molar-refractivity contribution in [2.24, 2.45) is 0 Å².